The van der Waals surface area contributed by atoms with E-state index in [2.05, 4.69) is 30.9 Å². The number of aromatic nitrogens is 3. The molecule has 0 spiro atoms. The summed E-state index contributed by atoms with van der Waals surface area (Å²) in [6.45, 7) is 2.85. The van der Waals surface area contributed by atoms with Crippen molar-refractivity contribution in [2.75, 3.05) is 27.3 Å². The molecule has 3 rings (SSSR count). The SMILES string of the molecule is COC(=O)Cc1cc(C2CCN(Cc3cccnc3OC)CC2)n[nH]1. The highest BCUT2D eigenvalue weighted by molar-refractivity contribution is 5.71. The van der Waals surface area contributed by atoms with E-state index in [0.29, 0.717) is 11.8 Å². The molecule has 0 aromatic carbocycles. The lowest BCUT2D eigenvalue weighted by molar-refractivity contribution is -0.139. The Morgan fingerprint density at radius 2 is 2.16 bits per heavy atom. The van der Waals surface area contributed by atoms with Gasteiger partial charge < -0.3 is 9.47 Å². The fraction of sp³-hybridized carbons (Fsp3) is 0.500. The van der Waals surface area contributed by atoms with Gasteiger partial charge in [-0.3, -0.25) is 14.8 Å². The highest BCUT2D eigenvalue weighted by Crippen LogP contribution is 2.28. The number of hydrogen-bond acceptors (Lipinski definition) is 6. The van der Waals surface area contributed by atoms with Gasteiger partial charge in [0.25, 0.3) is 0 Å². The van der Waals surface area contributed by atoms with E-state index in [1.165, 1.54) is 7.11 Å². The van der Waals surface area contributed by atoms with Crippen molar-refractivity contribution in [3.63, 3.8) is 0 Å². The molecule has 1 aliphatic heterocycles. The monoisotopic (exact) mass is 344 g/mol. The third-order valence-electron chi connectivity index (χ3n) is 4.66. The van der Waals surface area contributed by atoms with Gasteiger partial charge >= 0.3 is 5.97 Å². The van der Waals surface area contributed by atoms with Crippen LogP contribution in [0.4, 0.5) is 0 Å². The Balaban J connectivity index is 1.54. The van der Waals surface area contributed by atoms with Crippen molar-refractivity contribution < 1.29 is 14.3 Å². The van der Waals surface area contributed by atoms with Gasteiger partial charge in [0.05, 0.1) is 26.3 Å². The molecule has 0 amide bonds. The Morgan fingerprint density at radius 1 is 1.36 bits per heavy atom. The molecule has 7 heteroatoms. The molecule has 0 aliphatic carbocycles. The normalized spacial score (nSPS) is 15.9. The Bertz CT molecular complexity index is 708. The third-order valence-corrected chi connectivity index (χ3v) is 4.66. The van der Waals surface area contributed by atoms with Gasteiger partial charge in [0.2, 0.25) is 5.88 Å². The number of carbonyl (C=O) groups is 1. The fourth-order valence-electron chi connectivity index (χ4n) is 3.26. The van der Waals surface area contributed by atoms with Gasteiger partial charge in [-0.05, 0) is 38.1 Å². The first-order chi connectivity index (χ1) is 12.2. The van der Waals surface area contributed by atoms with Crippen molar-refractivity contribution in [3.05, 3.63) is 41.3 Å². The molecule has 2 aromatic rings. The minimum Gasteiger partial charge on any atom is -0.481 e. The molecule has 0 radical (unpaired) electrons. The molecule has 1 N–H and O–H groups in total. The zero-order chi connectivity index (χ0) is 17.6. The van der Waals surface area contributed by atoms with Gasteiger partial charge in [0.1, 0.15) is 0 Å². The van der Waals surface area contributed by atoms with Crippen LogP contribution in [0, 0.1) is 0 Å². The summed E-state index contributed by atoms with van der Waals surface area (Å²) < 4.78 is 10.0. The van der Waals surface area contributed by atoms with Crippen molar-refractivity contribution in [2.45, 2.75) is 31.7 Å². The minimum absolute atomic E-state index is 0.239. The summed E-state index contributed by atoms with van der Waals surface area (Å²) >= 11 is 0. The second-order valence-corrected chi connectivity index (χ2v) is 6.29. The number of carbonyl (C=O) groups excluding carboxylic acids is 1. The van der Waals surface area contributed by atoms with Crippen LogP contribution in [0.25, 0.3) is 0 Å². The van der Waals surface area contributed by atoms with E-state index in [-0.39, 0.29) is 12.4 Å². The Labute approximate surface area is 147 Å². The third kappa shape index (κ3) is 4.36. The number of ether oxygens (including phenoxy) is 2. The molecule has 0 unspecified atom stereocenters. The van der Waals surface area contributed by atoms with Crippen molar-refractivity contribution in [1.82, 2.24) is 20.1 Å². The fourth-order valence-corrected chi connectivity index (χ4v) is 3.26. The van der Waals surface area contributed by atoms with Crippen LogP contribution >= 0.6 is 0 Å². The first-order valence-electron chi connectivity index (χ1n) is 8.51. The summed E-state index contributed by atoms with van der Waals surface area (Å²) in [5.74, 6) is 0.870. The van der Waals surface area contributed by atoms with Crippen LogP contribution in [0.3, 0.4) is 0 Å². The van der Waals surface area contributed by atoms with Crippen LogP contribution < -0.4 is 4.74 Å². The summed E-state index contributed by atoms with van der Waals surface area (Å²) in [6.07, 6.45) is 4.08. The second-order valence-electron chi connectivity index (χ2n) is 6.29. The predicted octanol–water partition coefficient (Wildman–Crippen LogP) is 1.91. The summed E-state index contributed by atoms with van der Waals surface area (Å²) in [4.78, 5) is 18.0. The average Bonchev–Trinajstić information content (AvgIpc) is 3.11. The maximum atomic E-state index is 11.3. The van der Waals surface area contributed by atoms with E-state index in [0.717, 1.165) is 49.4 Å². The van der Waals surface area contributed by atoms with Crippen LogP contribution in [0.2, 0.25) is 0 Å². The molecule has 0 saturated carbocycles. The highest BCUT2D eigenvalue weighted by Gasteiger charge is 2.23. The molecule has 134 valence electrons. The number of pyridine rings is 1. The number of likely N-dealkylation sites (tertiary alicyclic amines) is 1. The van der Waals surface area contributed by atoms with Gasteiger partial charge in [-0.25, -0.2) is 4.98 Å². The first-order valence-corrected chi connectivity index (χ1v) is 8.51. The topological polar surface area (TPSA) is 80.3 Å². The maximum absolute atomic E-state index is 11.3. The van der Waals surface area contributed by atoms with Crippen LogP contribution in [-0.4, -0.2) is 53.4 Å². The van der Waals surface area contributed by atoms with Crippen molar-refractivity contribution in [1.29, 1.82) is 0 Å². The second kappa shape index (κ2) is 8.11. The van der Waals surface area contributed by atoms with Crippen LogP contribution in [0.15, 0.2) is 24.4 Å². The van der Waals surface area contributed by atoms with E-state index < -0.39 is 0 Å². The lowest BCUT2D eigenvalue weighted by Crippen LogP contribution is -2.32. The molecule has 1 saturated heterocycles. The lowest BCUT2D eigenvalue weighted by Gasteiger charge is -2.31. The van der Waals surface area contributed by atoms with Gasteiger partial charge in [-0.1, -0.05) is 6.07 Å². The lowest BCUT2D eigenvalue weighted by atomic mass is 9.93. The van der Waals surface area contributed by atoms with E-state index in [4.69, 9.17) is 4.74 Å². The number of hydrogen-bond donors (Lipinski definition) is 1. The molecular weight excluding hydrogens is 320 g/mol. The van der Waals surface area contributed by atoms with Crippen molar-refractivity contribution >= 4 is 5.97 Å². The molecule has 0 atom stereocenters. The van der Waals surface area contributed by atoms with Crippen LogP contribution in [0.1, 0.15) is 35.7 Å². The number of piperidine rings is 1. The molecule has 1 fully saturated rings. The zero-order valence-corrected chi connectivity index (χ0v) is 14.7. The molecule has 2 aromatic heterocycles. The smallest absolute Gasteiger partial charge is 0.311 e. The largest absolute Gasteiger partial charge is 0.481 e. The average molecular weight is 344 g/mol. The Morgan fingerprint density at radius 3 is 2.88 bits per heavy atom. The number of esters is 1. The van der Waals surface area contributed by atoms with Crippen LogP contribution in [0.5, 0.6) is 5.88 Å². The number of rotatable bonds is 6. The Kier molecular flexibility index (Phi) is 5.65. The van der Waals surface area contributed by atoms with Gasteiger partial charge in [-0.2, -0.15) is 5.10 Å². The number of aromatic amines is 1. The van der Waals surface area contributed by atoms with Gasteiger partial charge in [0, 0.05) is 29.9 Å². The summed E-state index contributed by atoms with van der Waals surface area (Å²) in [5.41, 5.74) is 2.96. The standard InChI is InChI=1S/C18H24N4O3/c1-24-17(23)11-15-10-16(21-20-15)13-5-8-22(9-6-13)12-14-4-3-7-19-18(14)25-2/h3-4,7,10,13H,5-6,8-9,11-12H2,1-2H3,(H,20,21). The zero-order valence-electron chi connectivity index (χ0n) is 14.7. The number of nitrogens with zero attached hydrogens (tertiary/aromatic N) is 3. The summed E-state index contributed by atoms with van der Waals surface area (Å²) in [6, 6.07) is 5.99. The number of methoxy groups -OCH3 is 2. The number of nitrogens with one attached hydrogen (secondary N) is 1. The van der Waals surface area contributed by atoms with E-state index >= 15 is 0 Å². The molecule has 1 aliphatic rings. The first kappa shape index (κ1) is 17.4. The van der Waals surface area contributed by atoms with E-state index in [9.17, 15) is 4.79 Å². The minimum atomic E-state index is -0.254. The van der Waals surface area contributed by atoms with Crippen LogP contribution in [-0.2, 0) is 22.5 Å². The van der Waals surface area contributed by atoms with Gasteiger partial charge in [0.15, 0.2) is 0 Å². The quantitative estimate of drug-likeness (QED) is 0.806. The van der Waals surface area contributed by atoms with Crippen molar-refractivity contribution in [2.24, 2.45) is 0 Å². The van der Waals surface area contributed by atoms with Gasteiger partial charge in [-0.15, -0.1) is 0 Å². The maximum Gasteiger partial charge on any atom is 0.311 e. The summed E-state index contributed by atoms with van der Waals surface area (Å²) in [7, 11) is 3.05. The van der Waals surface area contributed by atoms with E-state index in [1.54, 1.807) is 13.3 Å². The highest BCUT2D eigenvalue weighted by atomic mass is 16.5. The molecule has 7 nitrogen and oxygen atoms in total. The predicted molar refractivity (Wildman–Crippen MR) is 92.3 cm³/mol. The molecule has 25 heavy (non-hydrogen) atoms. The molecular formula is C18H24N4O3. The van der Waals surface area contributed by atoms with E-state index in [1.807, 2.05) is 12.1 Å². The van der Waals surface area contributed by atoms with Crippen molar-refractivity contribution in [3.8, 4) is 5.88 Å². The number of H-pyrrole nitrogens is 1. The summed E-state index contributed by atoms with van der Waals surface area (Å²) in [5, 5.41) is 7.33. The molecule has 3 heterocycles. The Hall–Kier alpha value is -2.41. The molecule has 0 bridgehead atoms.